The fourth-order valence-corrected chi connectivity index (χ4v) is 4.48. The first-order valence-electron chi connectivity index (χ1n) is 9.01. The summed E-state index contributed by atoms with van der Waals surface area (Å²) >= 11 is 1.69. The van der Waals surface area contributed by atoms with Crippen molar-refractivity contribution in [2.45, 2.75) is 49.5 Å². The predicted octanol–water partition coefficient (Wildman–Crippen LogP) is 3.21. The molecule has 0 spiro atoms. The zero-order chi connectivity index (χ0) is 16.8. The van der Waals surface area contributed by atoms with Gasteiger partial charge in [0.05, 0.1) is 5.25 Å². The van der Waals surface area contributed by atoms with E-state index in [1.807, 2.05) is 23.1 Å². The quantitative estimate of drug-likeness (QED) is 0.911. The van der Waals surface area contributed by atoms with Gasteiger partial charge in [0.2, 0.25) is 5.91 Å². The van der Waals surface area contributed by atoms with Gasteiger partial charge >= 0.3 is 0 Å². The SMILES string of the molecule is O=C1NCCCCC1SCc1cccc(C(=O)N2CCCCC2)c1. The minimum Gasteiger partial charge on any atom is -0.355 e. The molecule has 2 saturated heterocycles. The molecule has 2 heterocycles. The summed E-state index contributed by atoms with van der Waals surface area (Å²) in [6, 6.07) is 7.91. The number of thioether (sulfide) groups is 1. The normalized spacial score (nSPS) is 21.9. The maximum atomic E-state index is 12.6. The second-order valence-corrected chi connectivity index (χ2v) is 7.83. The largest absolute Gasteiger partial charge is 0.355 e. The molecule has 5 heteroatoms. The van der Waals surface area contributed by atoms with Crippen molar-refractivity contribution in [3.05, 3.63) is 35.4 Å². The van der Waals surface area contributed by atoms with Crippen LogP contribution in [0, 0.1) is 0 Å². The Morgan fingerprint density at radius 1 is 1.17 bits per heavy atom. The highest BCUT2D eigenvalue weighted by Crippen LogP contribution is 2.24. The van der Waals surface area contributed by atoms with Crippen molar-refractivity contribution in [2.75, 3.05) is 19.6 Å². The Hall–Kier alpha value is -1.49. The van der Waals surface area contributed by atoms with Gasteiger partial charge in [0.15, 0.2) is 0 Å². The number of carbonyl (C=O) groups is 2. The number of nitrogens with one attached hydrogen (secondary N) is 1. The number of hydrogen-bond acceptors (Lipinski definition) is 3. The van der Waals surface area contributed by atoms with Gasteiger partial charge in [-0.3, -0.25) is 9.59 Å². The lowest BCUT2D eigenvalue weighted by Gasteiger charge is -2.26. The van der Waals surface area contributed by atoms with E-state index in [-0.39, 0.29) is 17.1 Å². The average Bonchev–Trinajstić information content (AvgIpc) is 2.84. The van der Waals surface area contributed by atoms with Crippen molar-refractivity contribution >= 4 is 23.6 Å². The monoisotopic (exact) mass is 346 g/mol. The number of carbonyl (C=O) groups excluding carboxylic acids is 2. The van der Waals surface area contributed by atoms with Gasteiger partial charge in [-0.2, -0.15) is 0 Å². The van der Waals surface area contributed by atoms with Crippen molar-refractivity contribution in [1.29, 1.82) is 0 Å². The summed E-state index contributed by atoms with van der Waals surface area (Å²) in [5.74, 6) is 1.09. The van der Waals surface area contributed by atoms with Gasteiger partial charge < -0.3 is 10.2 Å². The molecule has 2 fully saturated rings. The van der Waals surface area contributed by atoms with Crippen LogP contribution in [0.3, 0.4) is 0 Å². The summed E-state index contributed by atoms with van der Waals surface area (Å²) in [6.45, 7) is 2.55. The van der Waals surface area contributed by atoms with E-state index in [1.54, 1.807) is 11.8 Å². The van der Waals surface area contributed by atoms with E-state index in [9.17, 15) is 9.59 Å². The number of hydrogen-bond donors (Lipinski definition) is 1. The Morgan fingerprint density at radius 2 is 2.00 bits per heavy atom. The van der Waals surface area contributed by atoms with Crippen LogP contribution in [-0.4, -0.2) is 41.6 Å². The molecule has 2 aliphatic rings. The van der Waals surface area contributed by atoms with E-state index < -0.39 is 0 Å². The zero-order valence-electron chi connectivity index (χ0n) is 14.1. The molecule has 0 saturated carbocycles. The van der Waals surface area contributed by atoms with Gasteiger partial charge in [0.1, 0.15) is 0 Å². The van der Waals surface area contributed by atoms with Gasteiger partial charge in [0.25, 0.3) is 5.91 Å². The van der Waals surface area contributed by atoms with Crippen LogP contribution >= 0.6 is 11.8 Å². The van der Waals surface area contributed by atoms with E-state index in [0.29, 0.717) is 0 Å². The van der Waals surface area contributed by atoms with Crippen LogP contribution in [0.15, 0.2) is 24.3 Å². The van der Waals surface area contributed by atoms with Crippen molar-refractivity contribution in [3.8, 4) is 0 Å². The second-order valence-electron chi connectivity index (χ2n) is 6.64. The van der Waals surface area contributed by atoms with Crippen LogP contribution in [0.25, 0.3) is 0 Å². The van der Waals surface area contributed by atoms with Crippen LogP contribution in [-0.2, 0) is 10.5 Å². The van der Waals surface area contributed by atoms with E-state index in [0.717, 1.165) is 68.6 Å². The Labute approximate surface area is 148 Å². The zero-order valence-corrected chi connectivity index (χ0v) is 14.9. The first kappa shape index (κ1) is 17.3. The fraction of sp³-hybridized carbons (Fsp3) is 0.579. The first-order chi connectivity index (χ1) is 11.7. The molecule has 1 N–H and O–H groups in total. The highest BCUT2D eigenvalue weighted by molar-refractivity contribution is 7.99. The number of amides is 2. The molecule has 2 amide bonds. The molecule has 0 aromatic heterocycles. The Morgan fingerprint density at radius 3 is 2.83 bits per heavy atom. The van der Waals surface area contributed by atoms with Gasteiger partial charge in [-0.05, 0) is 49.8 Å². The molecule has 1 atom stereocenters. The first-order valence-corrected chi connectivity index (χ1v) is 10.1. The number of piperidine rings is 1. The molecule has 1 aromatic carbocycles. The van der Waals surface area contributed by atoms with E-state index >= 15 is 0 Å². The maximum Gasteiger partial charge on any atom is 0.253 e. The molecule has 1 aromatic rings. The summed E-state index contributed by atoms with van der Waals surface area (Å²) in [5, 5.41) is 3.02. The van der Waals surface area contributed by atoms with Gasteiger partial charge in [-0.1, -0.05) is 18.6 Å². The van der Waals surface area contributed by atoms with Crippen molar-refractivity contribution in [3.63, 3.8) is 0 Å². The molecule has 4 nitrogen and oxygen atoms in total. The van der Waals surface area contributed by atoms with Gasteiger partial charge in [-0.15, -0.1) is 11.8 Å². The summed E-state index contributed by atoms with van der Waals surface area (Å²) in [7, 11) is 0. The number of likely N-dealkylation sites (tertiary alicyclic amines) is 1. The number of benzene rings is 1. The molecule has 0 bridgehead atoms. The molecule has 0 radical (unpaired) electrons. The lowest BCUT2D eigenvalue weighted by atomic mass is 10.1. The summed E-state index contributed by atoms with van der Waals surface area (Å²) in [5.41, 5.74) is 1.90. The summed E-state index contributed by atoms with van der Waals surface area (Å²) < 4.78 is 0. The second kappa shape index (κ2) is 8.56. The van der Waals surface area contributed by atoms with Crippen molar-refractivity contribution in [2.24, 2.45) is 0 Å². The van der Waals surface area contributed by atoms with Gasteiger partial charge in [-0.25, -0.2) is 0 Å². The molecule has 24 heavy (non-hydrogen) atoms. The third-order valence-corrected chi connectivity index (χ3v) is 6.11. The standard InChI is InChI=1S/C19H26N2O2S/c22-18-17(9-2-3-10-20-18)24-14-15-7-6-8-16(13-15)19(23)21-11-4-1-5-12-21/h6-8,13,17H,1-5,9-12,14H2,(H,20,22). The molecule has 3 rings (SSSR count). The third kappa shape index (κ3) is 4.53. The average molecular weight is 346 g/mol. The predicted molar refractivity (Wildman–Crippen MR) is 98.1 cm³/mol. The fourth-order valence-electron chi connectivity index (χ4n) is 3.34. The number of nitrogens with zero attached hydrogens (tertiary/aromatic N) is 1. The minimum absolute atomic E-state index is 0.0361. The lowest BCUT2D eigenvalue weighted by molar-refractivity contribution is -0.120. The van der Waals surface area contributed by atoms with Crippen molar-refractivity contribution < 1.29 is 9.59 Å². The van der Waals surface area contributed by atoms with E-state index in [2.05, 4.69) is 11.4 Å². The summed E-state index contributed by atoms with van der Waals surface area (Å²) in [4.78, 5) is 26.6. The summed E-state index contributed by atoms with van der Waals surface area (Å²) in [6.07, 6.45) is 6.56. The number of rotatable bonds is 4. The van der Waals surface area contributed by atoms with E-state index in [1.165, 1.54) is 6.42 Å². The van der Waals surface area contributed by atoms with Crippen LogP contribution in [0.2, 0.25) is 0 Å². The van der Waals surface area contributed by atoms with Crippen LogP contribution in [0.1, 0.15) is 54.4 Å². The molecular weight excluding hydrogens is 320 g/mol. The Kier molecular flexibility index (Phi) is 6.18. The Bertz CT molecular complexity index is 584. The molecule has 2 aliphatic heterocycles. The molecule has 0 aliphatic carbocycles. The minimum atomic E-state index is 0.0361. The van der Waals surface area contributed by atoms with Crippen LogP contribution in [0.4, 0.5) is 0 Å². The highest BCUT2D eigenvalue weighted by Gasteiger charge is 2.21. The highest BCUT2D eigenvalue weighted by atomic mass is 32.2. The third-order valence-electron chi connectivity index (χ3n) is 4.75. The smallest absolute Gasteiger partial charge is 0.253 e. The van der Waals surface area contributed by atoms with E-state index in [4.69, 9.17) is 0 Å². The molecule has 130 valence electrons. The van der Waals surface area contributed by atoms with Crippen molar-refractivity contribution in [1.82, 2.24) is 10.2 Å². The maximum absolute atomic E-state index is 12.6. The Balaban J connectivity index is 1.60. The van der Waals surface area contributed by atoms with Gasteiger partial charge in [0, 0.05) is 31.0 Å². The molecular formula is C19H26N2O2S. The van der Waals surface area contributed by atoms with Crippen LogP contribution < -0.4 is 5.32 Å². The lowest BCUT2D eigenvalue weighted by Crippen LogP contribution is -2.35. The molecule has 1 unspecified atom stereocenters. The topological polar surface area (TPSA) is 49.4 Å². The van der Waals surface area contributed by atoms with Crippen LogP contribution in [0.5, 0.6) is 0 Å².